The molecule has 0 unspecified atom stereocenters. The van der Waals surface area contributed by atoms with Gasteiger partial charge in [0.2, 0.25) is 0 Å². The highest BCUT2D eigenvalue weighted by molar-refractivity contribution is 14.0. The lowest BCUT2D eigenvalue weighted by molar-refractivity contribution is 0.0997. The van der Waals surface area contributed by atoms with E-state index in [0.717, 1.165) is 27.4 Å². The van der Waals surface area contributed by atoms with E-state index in [2.05, 4.69) is 5.32 Å². The van der Waals surface area contributed by atoms with E-state index in [4.69, 9.17) is 9.83 Å². The van der Waals surface area contributed by atoms with E-state index < -0.39 is 0 Å². The fraction of sp³-hybridized carbons (Fsp3) is 0.267. The largest absolute Gasteiger partial charge is 0.507 e. The average molecular weight is 644 g/mol. The van der Waals surface area contributed by atoms with Crippen LogP contribution in [0.1, 0.15) is 63.2 Å². The molecule has 0 aliphatic carbocycles. The summed E-state index contributed by atoms with van der Waals surface area (Å²) in [6.45, 7) is 12.2. The lowest BCUT2D eigenvalue weighted by Crippen LogP contribution is -2.19. The molecule has 6 nitrogen and oxygen atoms in total. The molecule has 0 saturated heterocycles. The molecule has 3 N–H and O–H groups in total. The van der Waals surface area contributed by atoms with Gasteiger partial charge in [0.05, 0.1) is 6.34 Å². The van der Waals surface area contributed by atoms with Crippen LogP contribution in [-0.4, -0.2) is 17.4 Å². The number of halogens is 1. The van der Waals surface area contributed by atoms with Gasteiger partial charge in [0.25, 0.3) is 5.91 Å². The van der Waals surface area contributed by atoms with Crippen molar-refractivity contribution in [3.8, 4) is 17.1 Å². The monoisotopic (exact) mass is 643 g/mol. The number of thiophene rings is 1. The van der Waals surface area contributed by atoms with Crippen molar-refractivity contribution in [3.63, 3.8) is 0 Å². The minimum atomic E-state index is -0.360. The van der Waals surface area contributed by atoms with Crippen molar-refractivity contribution in [2.24, 2.45) is 0 Å². The molecule has 0 fully saturated rings. The summed E-state index contributed by atoms with van der Waals surface area (Å²) < 4.78 is 5.90. The third-order valence-electron chi connectivity index (χ3n) is 6.12. The van der Waals surface area contributed by atoms with E-state index in [9.17, 15) is 9.90 Å². The molecule has 2 aromatic carbocycles. The average Bonchev–Trinajstić information content (AvgIpc) is 3.52. The second-order valence-electron chi connectivity index (χ2n) is 11.0. The van der Waals surface area contributed by atoms with E-state index in [1.165, 1.54) is 6.34 Å². The Bertz CT molecular complexity index is 1380. The molecule has 0 bridgehead atoms. The fourth-order valence-corrected chi connectivity index (χ4v) is 4.84. The summed E-state index contributed by atoms with van der Waals surface area (Å²) in [6.07, 6.45) is 1.29. The Balaban J connectivity index is 0.00000400. The van der Waals surface area contributed by atoms with Crippen molar-refractivity contribution in [1.82, 2.24) is 0 Å². The zero-order valence-corrected chi connectivity index (χ0v) is 25.6. The molecule has 0 atom stereocenters. The summed E-state index contributed by atoms with van der Waals surface area (Å²) in [6, 6.07) is 18.6. The van der Waals surface area contributed by atoms with Gasteiger partial charge < -0.3 is 14.8 Å². The maximum Gasteiger partial charge on any atom is 0.291 e. The number of anilines is 3. The number of aromatic hydroxyl groups is 1. The number of rotatable bonds is 6. The standard InChI is InChI=1S/C30H33N3O3S.HI/c1-29(2,3)22-16-20(17-23(27(22)34)30(4,5)6)32-28(35)25-14-13-24(36-25)19-9-11-21(12-10-19)33(18-31)26-8-7-15-37-26;/h7-18,31,34H,1-6H3,(H,32,35);1H. The first-order valence-electron chi connectivity index (χ1n) is 12.1. The van der Waals surface area contributed by atoms with Gasteiger partial charge >= 0.3 is 0 Å². The van der Waals surface area contributed by atoms with E-state index in [-0.39, 0.29) is 52.2 Å². The first-order valence-corrected chi connectivity index (χ1v) is 13.0. The van der Waals surface area contributed by atoms with Gasteiger partial charge in [0, 0.05) is 28.1 Å². The lowest BCUT2D eigenvalue weighted by Gasteiger charge is -2.28. The Morgan fingerprint density at radius 3 is 2.08 bits per heavy atom. The molecule has 38 heavy (non-hydrogen) atoms. The summed E-state index contributed by atoms with van der Waals surface area (Å²) in [5.74, 6) is 0.676. The van der Waals surface area contributed by atoms with Crippen LogP contribution in [0.25, 0.3) is 11.3 Å². The van der Waals surface area contributed by atoms with E-state index >= 15 is 0 Å². The number of carbonyl (C=O) groups is 1. The van der Waals surface area contributed by atoms with Gasteiger partial charge in [-0.2, -0.15) is 0 Å². The summed E-state index contributed by atoms with van der Waals surface area (Å²) in [4.78, 5) is 14.9. The predicted molar refractivity (Wildman–Crippen MR) is 168 cm³/mol. The van der Waals surface area contributed by atoms with Crippen LogP contribution in [0.15, 0.2) is 70.5 Å². The van der Waals surface area contributed by atoms with Crippen molar-refractivity contribution < 1.29 is 14.3 Å². The smallest absolute Gasteiger partial charge is 0.291 e. The number of carbonyl (C=O) groups excluding carboxylic acids is 1. The molecule has 0 aliphatic rings. The van der Waals surface area contributed by atoms with Gasteiger partial charge in [0.15, 0.2) is 5.76 Å². The van der Waals surface area contributed by atoms with E-state index in [1.54, 1.807) is 28.4 Å². The highest BCUT2D eigenvalue weighted by atomic mass is 127. The molecule has 4 rings (SSSR count). The van der Waals surface area contributed by atoms with Crippen molar-refractivity contribution in [1.29, 1.82) is 5.41 Å². The Morgan fingerprint density at radius 1 is 0.974 bits per heavy atom. The number of phenolic OH excluding ortho intramolecular Hbond substituents is 1. The minimum absolute atomic E-state index is 0. The molecule has 0 saturated carbocycles. The summed E-state index contributed by atoms with van der Waals surface area (Å²) >= 11 is 1.56. The molecule has 2 heterocycles. The third-order valence-corrected chi connectivity index (χ3v) is 6.98. The Kier molecular flexibility index (Phi) is 8.78. The van der Waals surface area contributed by atoms with Crippen LogP contribution < -0.4 is 10.2 Å². The lowest BCUT2D eigenvalue weighted by atomic mass is 9.79. The summed E-state index contributed by atoms with van der Waals surface area (Å²) in [5.41, 5.74) is 3.25. The van der Waals surface area contributed by atoms with Crippen LogP contribution in [0.2, 0.25) is 0 Å². The molecule has 200 valence electrons. The topological polar surface area (TPSA) is 89.6 Å². The number of nitrogens with zero attached hydrogens (tertiary/aromatic N) is 1. The van der Waals surface area contributed by atoms with Crippen LogP contribution in [0.4, 0.5) is 16.4 Å². The number of nitrogens with one attached hydrogen (secondary N) is 2. The minimum Gasteiger partial charge on any atom is -0.507 e. The summed E-state index contributed by atoms with van der Waals surface area (Å²) in [5, 5.41) is 24.6. The SMILES string of the molecule is CC(C)(C)c1cc(NC(=O)c2ccc(-c3ccc(N(C=N)c4cccs4)cc3)o2)cc(C(C)(C)C)c1O.I. The van der Waals surface area contributed by atoms with Crippen LogP contribution >= 0.6 is 35.3 Å². The molecule has 4 aromatic rings. The number of amides is 1. The molecule has 2 aromatic heterocycles. The molecule has 0 spiro atoms. The number of phenols is 1. The second-order valence-corrected chi connectivity index (χ2v) is 12.0. The highest BCUT2D eigenvalue weighted by Crippen LogP contribution is 2.41. The van der Waals surface area contributed by atoms with Crippen molar-refractivity contribution in [2.75, 3.05) is 10.2 Å². The molecule has 8 heteroatoms. The Hall–Kier alpha value is -3.11. The van der Waals surface area contributed by atoms with Gasteiger partial charge in [-0.05, 0) is 76.9 Å². The zero-order chi connectivity index (χ0) is 27.0. The molecule has 0 aliphatic heterocycles. The first-order chi connectivity index (χ1) is 17.4. The van der Waals surface area contributed by atoms with E-state index in [0.29, 0.717) is 11.4 Å². The van der Waals surface area contributed by atoms with Gasteiger partial charge in [-0.25, -0.2) is 0 Å². The van der Waals surface area contributed by atoms with Crippen molar-refractivity contribution in [2.45, 2.75) is 52.4 Å². The Labute approximate surface area is 245 Å². The molecule has 0 radical (unpaired) electrons. The first kappa shape index (κ1) is 29.4. The maximum absolute atomic E-state index is 13.1. The second kappa shape index (κ2) is 11.3. The van der Waals surface area contributed by atoms with Crippen molar-refractivity contribution >= 4 is 63.9 Å². The van der Waals surface area contributed by atoms with Gasteiger partial charge in [-0.1, -0.05) is 41.5 Å². The van der Waals surface area contributed by atoms with Gasteiger partial charge in [-0.15, -0.1) is 35.3 Å². The number of furan rings is 1. The number of hydrogen-bond acceptors (Lipinski definition) is 5. The predicted octanol–water partition coefficient (Wildman–Crippen LogP) is 8.92. The van der Waals surface area contributed by atoms with Crippen LogP contribution in [-0.2, 0) is 10.8 Å². The third kappa shape index (κ3) is 6.30. The quantitative estimate of drug-likeness (QED) is 0.0847. The van der Waals surface area contributed by atoms with E-state index in [1.807, 2.05) is 95.5 Å². The number of hydrogen-bond donors (Lipinski definition) is 3. The Morgan fingerprint density at radius 2 is 1.58 bits per heavy atom. The summed E-state index contributed by atoms with van der Waals surface area (Å²) in [7, 11) is 0. The van der Waals surface area contributed by atoms with Crippen molar-refractivity contribution in [3.05, 3.63) is 82.9 Å². The van der Waals surface area contributed by atoms with Gasteiger partial charge in [-0.3, -0.25) is 15.1 Å². The van der Waals surface area contributed by atoms with Crippen LogP contribution in [0, 0.1) is 5.41 Å². The maximum atomic E-state index is 13.1. The number of benzene rings is 2. The molecular formula is C30H34IN3O3S. The normalized spacial score (nSPS) is 11.5. The molecular weight excluding hydrogens is 609 g/mol. The van der Waals surface area contributed by atoms with Crippen LogP contribution in [0.3, 0.4) is 0 Å². The van der Waals surface area contributed by atoms with Crippen LogP contribution in [0.5, 0.6) is 5.75 Å². The fourth-order valence-electron chi connectivity index (χ4n) is 4.12. The molecule has 1 amide bonds. The van der Waals surface area contributed by atoms with Gasteiger partial charge in [0.1, 0.15) is 16.5 Å². The highest BCUT2D eigenvalue weighted by Gasteiger charge is 2.27. The zero-order valence-electron chi connectivity index (χ0n) is 22.5.